The van der Waals surface area contributed by atoms with Crippen molar-refractivity contribution < 1.29 is 9.53 Å². The van der Waals surface area contributed by atoms with Crippen molar-refractivity contribution in [1.29, 1.82) is 0 Å². The normalized spacial score (nSPS) is 11.0. The summed E-state index contributed by atoms with van der Waals surface area (Å²) in [4.78, 5) is 15.6. The standard InChI is InChI=1S/C14H12Cl3N3O2S/c1-2-22-12(21)5-10-7-23-14(19-10)20-18-6-8-3-9(15)4-11(16)13(8)17/h3-4,6-7H,2,5H2,1H3,(H,19,20). The Labute approximate surface area is 152 Å². The third kappa shape index (κ3) is 5.35. The molecule has 122 valence electrons. The molecule has 2 rings (SSSR count). The topological polar surface area (TPSA) is 63.6 Å². The zero-order valence-electron chi connectivity index (χ0n) is 12.0. The molecule has 0 atom stereocenters. The van der Waals surface area contributed by atoms with E-state index in [2.05, 4.69) is 15.5 Å². The molecule has 0 radical (unpaired) electrons. The third-order valence-electron chi connectivity index (χ3n) is 2.57. The largest absolute Gasteiger partial charge is 0.466 e. The first-order chi connectivity index (χ1) is 11.0. The fourth-order valence-electron chi connectivity index (χ4n) is 1.63. The number of hydrogen-bond donors (Lipinski definition) is 1. The fraction of sp³-hybridized carbons (Fsp3) is 0.214. The zero-order chi connectivity index (χ0) is 16.8. The second kappa shape index (κ2) is 8.49. The second-order valence-corrected chi connectivity index (χ2v) is 6.37. The number of benzene rings is 1. The van der Waals surface area contributed by atoms with Crippen molar-refractivity contribution in [3.05, 3.63) is 43.8 Å². The molecule has 0 saturated carbocycles. The number of anilines is 1. The lowest BCUT2D eigenvalue weighted by atomic mass is 10.2. The lowest BCUT2D eigenvalue weighted by molar-refractivity contribution is -0.142. The van der Waals surface area contributed by atoms with E-state index in [4.69, 9.17) is 39.5 Å². The second-order valence-electron chi connectivity index (χ2n) is 4.29. The molecule has 0 bridgehead atoms. The third-order valence-corrected chi connectivity index (χ3v) is 4.40. The van der Waals surface area contributed by atoms with Crippen molar-refractivity contribution >= 4 is 63.5 Å². The highest BCUT2D eigenvalue weighted by Crippen LogP contribution is 2.28. The van der Waals surface area contributed by atoms with E-state index in [9.17, 15) is 4.79 Å². The van der Waals surface area contributed by atoms with Crippen molar-refractivity contribution in [2.45, 2.75) is 13.3 Å². The summed E-state index contributed by atoms with van der Waals surface area (Å²) in [5.41, 5.74) is 3.97. The average molecular weight is 393 g/mol. The molecule has 0 aliphatic carbocycles. The Hall–Kier alpha value is -1.34. The first-order valence-corrected chi connectivity index (χ1v) is 8.54. The van der Waals surface area contributed by atoms with Crippen molar-refractivity contribution in [3.63, 3.8) is 0 Å². The lowest BCUT2D eigenvalue weighted by Crippen LogP contribution is -2.07. The van der Waals surface area contributed by atoms with Crippen LogP contribution in [-0.2, 0) is 16.0 Å². The first kappa shape index (κ1) is 18.0. The molecule has 0 unspecified atom stereocenters. The van der Waals surface area contributed by atoms with E-state index in [0.29, 0.717) is 38.1 Å². The van der Waals surface area contributed by atoms with Crippen LogP contribution in [0.25, 0.3) is 0 Å². The highest BCUT2D eigenvalue weighted by Gasteiger charge is 2.08. The molecule has 0 spiro atoms. The van der Waals surface area contributed by atoms with E-state index in [0.717, 1.165) is 0 Å². The summed E-state index contributed by atoms with van der Waals surface area (Å²) in [6, 6.07) is 3.20. The smallest absolute Gasteiger partial charge is 0.311 e. The van der Waals surface area contributed by atoms with E-state index in [-0.39, 0.29) is 12.4 Å². The molecule has 0 amide bonds. The van der Waals surface area contributed by atoms with Crippen LogP contribution in [0.4, 0.5) is 5.13 Å². The van der Waals surface area contributed by atoms with Gasteiger partial charge in [-0.1, -0.05) is 34.8 Å². The van der Waals surface area contributed by atoms with Gasteiger partial charge in [-0.05, 0) is 19.1 Å². The quantitative estimate of drug-likeness (QED) is 0.336. The van der Waals surface area contributed by atoms with Gasteiger partial charge in [-0.2, -0.15) is 5.10 Å². The molecule has 2 aromatic rings. The van der Waals surface area contributed by atoms with E-state index in [1.54, 1.807) is 24.4 Å². The van der Waals surface area contributed by atoms with Gasteiger partial charge in [0, 0.05) is 16.0 Å². The van der Waals surface area contributed by atoms with Gasteiger partial charge in [0.2, 0.25) is 5.13 Å². The molecule has 1 aromatic carbocycles. The number of carbonyl (C=O) groups is 1. The Morgan fingerprint density at radius 2 is 2.22 bits per heavy atom. The van der Waals surface area contributed by atoms with Crippen LogP contribution in [0.2, 0.25) is 15.1 Å². The molecule has 1 N–H and O–H groups in total. The van der Waals surface area contributed by atoms with Crippen molar-refractivity contribution in [2.24, 2.45) is 5.10 Å². The minimum absolute atomic E-state index is 0.130. The molecule has 0 aliphatic heterocycles. The lowest BCUT2D eigenvalue weighted by Gasteiger charge is -2.01. The number of esters is 1. The zero-order valence-corrected chi connectivity index (χ0v) is 15.1. The van der Waals surface area contributed by atoms with Crippen molar-refractivity contribution in [1.82, 2.24) is 4.98 Å². The summed E-state index contributed by atoms with van der Waals surface area (Å²) in [5, 5.41) is 7.53. The number of carbonyl (C=O) groups excluding carboxylic acids is 1. The molecule has 23 heavy (non-hydrogen) atoms. The van der Waals surface area contributed by atoms with Gasteiger partial charge in [0.1, 0.15) is 0 Å². The number of thiazole rings is 1. The van der Waals surface area contributed by atoms with Gasteiger partial charge in [-0.15, -0.1) is 11.3 Å². The van der Waals surface area contributed by atoms with E-state index >= 15 is 0 Å². The SMILES string of the molecule is CCOC(=O)Cc1csc(NN=Cc2cc(Cl)cc(Cl)c2Cl)n1. The van der Waals surface area contributed by atoms with Crippen LogP contribution in [0.3, 0.4) is 0 Å². The number of nitrogens with zero attached hydrogens (tertiary/aromatic N) is 2. The Kier molecular flexibility index (Phi) is 6.65. The van der Waals surface area contributed by atoms with Gasteiger partial charge in [0.15, 0.2) is 0 Å². The molecule has 0 fully saturated rings. The van der Waals surface area contributed by atoms with Crippen LogP contribution in [-0.4, -0.2) is 23.8 Å². The predicted molar refractivity (Wildman–Crippen MR) is 95.1 cm³/mol. The van der Waals surface area contributed by atoms with Gasteiger partial charge < -0.3 is 4.74 Å². The molecule has 9 heteroatoms. The van der Waals surface area contributed by atoms with Gasteiger partial charge in [0.05, 0.1) is 35.0 Å². The average Bonchev–Trinajstić information content (AvgIpc) is 2.91. The minimum Gasteiger partial charge on any atom is -0.466 e. The Morgan fingerprint density at radius 3 is 2.96 bits per heavy atom. The molecular formula is C14H12Cl3N3O2S. The summed E-state index contributed by atoms with van der Waals surface area (Å²) >= 11 is 19.2. The van der Waals surface area contributed by atoms with Gasteiger partial charge in [-0.25, -0.2) is 4.98 Å². The highest BCUT2D eigenvalue weighted by molar-refractivity contribution is 7.13. The van der Waals surface area contributed by atoms with Crippen LogP contribution in [0.15, 0.2) is 22.6 Å². The number of ether oxygens (including phenoxy) is 1. The summed E-state index contributed by atoms with van der Waals surface area (Å²) in [7, 11) is 0. The maximum atomic E-state index is 11.4. The number of aromatic nitrogens is 1. The van der Waals surface area contributed by atoms with Crippen LogP contribution in [0, 0.1) is 0 Å². The number of hydrazone groups is 1. The molecule has 0 saturated heterocycles. The summed E-state index contributed by atoms with van der Waals surface area (Å²) in [6.07, 6.45) is 1.62. The van der Waals surface area contributed by atoms with Crippen LogP contribution < -0.4 is 5.43 Å². The fourth-order valence-corrected chi connectivity index (χ4v) is 2.95. The predicted octanol–water partition coefficient (Wildman–Crippen LogP) is 4.65. The maximum absolute atomic E-state index is 11.4. The minimum atomic E-state index is -0.312. The first-order valence-electron chi connectivity index (χ1n) is 6.53. The highest BCUT2D eigenvalue weighted by atomic mass is 35.5. The molecule has 5 nitrogen and oxygen atoms in total. The number of nitrogens with one attached hydrogen (secondary N) is 1. The van der Waals surface area contributed by atoms with Gasteiger partial charge in [-0.3, -0.25) is 10.2 Å². The Morgan fingerprint density at radius 1 is 1.43 bits per heavy atom. The van der Waals surface area contributed by atoms with Crippen LogP contribution in [0.5, 0.6) is 0 Å². The van der Waals surface area contributed by atoms with Gasteiger partial charge in [0.25, 0.3) is 0 Å². The summed E-state index contributed by atoms with van der Waals surface area (Å²) in [5.74, 6) is -0.312. The number of halogens is 3. The Bertz CT molecular complexity index is 734. The monoisotopic (exact) mass is 391 g/mol. The van der Waals surface area contributed by atoms with E-state index < -0.39 is 0 Å². The van der Waals surface area contributed by atoms with Crippen LogP contribution in [0.1, 0.15) is 18.2 Å². The Balaban J connectivity index is 1.99. The molecular weight excluding hydrogens is 381 g/mol. The van der Waals surface area contributed by atoms with Crippen molar-refractivity contribution in [3.8, 4) is 0 Å². The summed E-state index contributed by atoms with van der Waals surface area (Å²) in [6.45, 7) is 2.11. The van der Waals surface area contributed by atoms with Gasteiger partial charge >= 0.3 is 5.97 Å². The molecule has 1 aromatic heterocycles. The van der Waals surface area contributed by atoms with Crippen molar-refractivity contribution in [2.75, 3.05) is 12.0 Å². The van der Waals surface area contributed by atoms with E-state index in [1.165, 1.54) is 17.6 Å². The summed E-state index contributed by atoms with van der Waals surface area (Å²) < 4.78 is 4.87. The number of hydrogen-bond acceptors (Lipinski definition) is 6. The molecule has 0 aliphatic rings. The maximum Gasteiger partial charge on any atom is 0.311 e. The number of rotatable bonds is 6. The van der Waals surface area contributed by atoms with E-state index in [1.807, 2.05) is 0 Å². The van der Waals surface area contributed by atoms with Crippen LogP contribution >= 0.6 is 46.1 Å². The molecule has 1 heterocycles.